The van der Waals surface area contributed by atoms with Crippen LogP contribution in [-0.4, -0.2) is 4.98 Å². The number of pyridine rings is 1. The van der Waals surface area contributed by atoms with Gasteiger partial charge in [0.2, 0.25) is 0 Å². The van der Waals surface area contributed by atoms with Gasteiger partial charge in [0.1, 0.15) is 0 Å². The van der Waals surface area contributed by atoms with E-state index < -0.39 is 0 Å². The van der Waals surface area contributed by atoms with E-state index in [2.05, 4.69) is 23.2 Å². The van der Waals surface area contributed by atoms with Crippen LogP contribution in [0.2, 0.25) is 0 Å². The third-order valence-corrected chi connectivity index (χ3v) is 5.21. The minimum absolute atomic E-state index is 0.124. The molecular formula is C16H20N2S. The highest BCUT2D eigenvalue weighted by molar-refractivity contribution is 7.12. The molecule has 3 rings (SSSR count). The molecule has 2 aromatic rings. The van der Waals surface area contributed by atoms with Gasteiger partial charge in [-0.25, -0.2) is 0 Å². The Bertz CT molecular complexity index is 509. The summed E-state index contributed by atoms with van der Waals surface area (Å²) in [5, 5.41) is 0. The van der Waals surface area contributed by atoms with E-state index in [0.717, 1.165) is 6.42 Å². The van der Waals surface area contributed by atoms with E-state index >= 15 is 0 Å². The lowest BCUT2D eigenvalue weighted by atomic mass is 10.0. The summed E-state index contributed by atoms with van der Waals surface area (Å²) in [5.41, 5.74) is 9.20. The largest absolute Gasteiger partial charge is 0.323 e. The monoisotopic (exact) mass is 272 g/mol. The minimum Gasteiger partial charge on any atom is -0.323 e. The molecule has 0 bridgehead atoms. The Morgan fingerprint density at radius 2 is 1.95 bits per heavy atom. The summed E-state index contributed by atoms with van der Waals surface area (Å²) in [6, 6.07) is 6.59. The van der Waals surface area contributed by atoms with Crippen molar-refractivity contribution in [3.8, 4) is 0 Å². The van der Waals surface area contributed by atoms with Crippen molar-refractivity contribution in [1.82, 2.24) is 4.98 Å². The lowest BCUT2D eigenvalue weighted by Crippen LogP contribution is -2.11. The van der Waals surface area contributed by atoms with Gasteiger partial charge in [0, 0.05) is 28.2 Å². The molecule has 1 atom stereocenters. The Morgan fingerprint density at radius 3 is 2.79 bits per heavy atom. The Hall–Kier alpha value is -1.19. The van der Waals surface area contributed by atoms with Gasteiger partial charge in [-0.15, -0.1) is 11.3 Å². The fourth-order valence-electron chi connectivity index (χ4n) is 2.75. The normalized spacial score (nSPS) is 16.7. The van der Waals surface area contributed by atoms with Crippen molar-refractivity contribution < 1.29 is 0 Å². The van der Waals surface area contributed by atoms with Crippen LogP contribution >= 0.6 is 11.3 Å². The third kappa shape index (κ3) is 3.04. The molecule has 2 nitrogen and oxygen atoms in total. The number of aromatic nitrogens is 1. The van der Waals surface area contributed by atoms with Gasteiger partial charge in [-0.1, -0.05) is 6.42 Å². The molecule has 1 unspecified atom stereocenters. The summed E-state index contributed by atoms with van der Waals surface area (Å²) < 4.78 is 0. The van der Waals surface area contributed by atoms with Gasteiger partial charge < -0.3 is 5.73 Å². The summed E-state index contributed by atoms with van der Waals surface area (Å²) in [6.45, 7) is 0. The zero-order valence-electron chi connectivity index (χ0n) is 11.1. The molecule has 2 aromatic heterocycles. The van der Waals surface area contributed by atoms with E-state index in [4.69, 9.17) is 5.73 Å². The maximum absolute atomic E-state index is 6.37. The second-order valence-corrected chi connectivity index (χ2v) is 6.49. The van der Waals surface area contributed by atoms with E-state index in [1.807, 2.05) is 23.7 Å². The smallest absolute Gasteiger partial charge is 0.0430 e. The number of nitrogens with two attached hydrogens (primary N) is 1. The molecule has 0 saturated heterocycles. The van der Waals surface area contributed by atoms with Gasteiger partial charge in [-0.2, -0.15) is 0 Å². The van der Waals surface area contributed by atoms with Crippen LogP contribution in [0.15, 0.2) is 30.6 Å². The third-order valence-electron chi connectivity index (χ3n) is 3.84. The first-order chi connectivity index (χ1) is 9.33. The zero-order chi connectivity index (χ0) is 13.1. The number of fused-ring (bicyclic) bond motifs is 1. The summed E-state index contributed by atoms with van der Waals surface area (Å²) in [4.78, 5) is 6.98. The van der Waals surface area contributed by atoms with Gasteiger partial charge >= 0.3 is 0 Å². The topological polar surface area (TPSA) is 38.9 Å². The quantitative estimate of drug-likeness (QED) is 0.866. The standard InChI is InChI=1S/C16H20N2S/c17-14(10-12-6-8-18-9-7-12)16-11-13-4-2-1-3-5-15(13)19-16/h6-9,11,14H,1-5,10,17H2. The summed E-state index contributed by atoms with van der Waals surface area (Å²) in [7, 11) is 0. The van der Waals surface area contributed by atoms with Crippen LogP contribution in [0.3, 0.4) is 0 Å². The first-order valence-electron chi connectivity index (χ1n) is 7.09. The lowest BCUT2D eigenvalue weighted by molar-refractivity contribution is 0.709. The molecule has 0 fully saturated rings. The molecule has 0 aromatic carbocycles. The Morgan fingerprint density at radius 1 is 1.16 bits per heavy atom. The van der Waals surface area contributed by atoms with Crippen LogP contribution in [-0.2, 0) is 19.3 Å². The number of rotatable bonds is 3. The molecule has 0 aliphatic heterocycles. The van der Waals surface area contributed by atoms with E-state index in [-0.39, 0.29) is 6.04 Å². The maximum Gasteiger partial charge on any atom is 0.0430 e. The van der Waals surface area contributed by atoms with Gasteiger partial charge in [-0.05, 0) is 61.4 Å². The predicted octanol–water partition coefficient (Wildman–Crippen LogP) is 3.65. The van der Waals surface area contributed by atoms with Crippen LogP contribution in [0.25, 0.3) is 0 Å². The fourth-order valence-corrected chi connectivity index (χ4v) is 4.01. The van der Waals surface area contributed by atoms with Crippen molar-refractivity contribution in [2.45, 2.75) is 44.6 Å². The molecular weight excluding hydrogens is 252 g/mol. The molecule has 2 heterocycles. The first-order valence-corrected chi connectivity index (χ1v) is 7.90. The minimum atomic E-state index is 0.124. The van der Waals surface area contributed by atoms with Gasteiger partial charge in [0.25, 0.3) is 0 Å². The molecule has 0 spiro atoms. The highest BCUT2D eigenvalue weighted by Gasteiger charge is 2.16. The van der Waals surface area contributed by atoms with Crippen molar-refractivity contribution in [2.24, 2.45) is 5.73 Å². The van der Waals surface area contributed by atoms with Crippen molar-refractivity contribution in [3.63, 3.8) is 0 Å². The van der Waals surface area contributed by atoms with Crippen LogP contribution in [0.1, 0.15) is 46.2 Å². The van der Waals surface area contributed by atoms with E-state index in [1.54, 1.807) is 10.4 Å². The van der Waals surface area contributed by atoms with Crippen LogP contribution < -0.4 is 5.73 Å². The predicted molar refractivity (Wildman–Crippen MR) is 80.4 cm³/mol. The Labute approximate surface area is 118 Å². The molecule has 2 N–H and O–H groups in total. The summed E-state index contributed by atoms with van der Waals surface area (Å²) in [5.74, 6) is 0. The van der Waals surface area contributed by atoms with Gasteiger partial charge in [0.05, 0.1) is 0 Å². The average Bonchev–Trinajstić information content (AvgIpc) is 2.72. The van der Waals surface area contributed by atoms with Crippen molar-refractivity contribution in [2.75, 3.05) is 0 Å². The SMILES string of the molecule is NC(Cc1ccncc1)c1cc2c(s1)CCCCC2. The number of nitrogens with zero attached hydrogens (tertiary/aromatic N) is 1. The Kier molecular flexibility index (Phi) is 3.95. The number of thiophene rings is 1. The van der Waals surface area contributed by atoms with E-state index in [0.29, 0.717) is 0 Å². The second-order valence-electron chi connectivity index (χ2n) is 5.32. The number of aryl methyl sites for hydroxylation is 2. The van der Waals surface area contributed by atoms with Crippen LogP contribution in [0.4, 0.5) is 0 Å². The van der Waals surface area contributed by atoms with Crippen molar-refractivity contribution in [3.05, 3.63) is 51.5 Å². The van der Waals surface area contributed by atoms with Crippen LogP contribution in [0.5, 0.6) is 0 Å². The molecule has 0 radical (unpaired) electrons. The summed E-state index contributed by atoms with van der Waals surface area (Å²) >= 11 is 1.94. The number of hydrogen-bond acceptors (Lipinski definition) is 3. The van der Waals surface area contributed by atoms with Crippen molar-refractivity contribution in [1.29, 1.82) is 0 Å². The first kappa shape index (κ1) is 12.8. The fraction of sp³-hybridized carbons (Fsp3) is 0.438. The number of hydrogen-bond donors (Lipinski definition) is 1. The van der Waals surface area contributed by atoms with Crippen LogP contribution in [0, 0.1) is 0 Å². The van der Waals surface area contributed by atoms with E-state index in [9.17, 15) is 0 Å². The molecule has 1 aliphatic carbocycles. The Balaban J connectivity index is 1.75. The average molecular weight is 272 g/mol. The maximum atomic E-state index is 6.37. The van der Waals surface area contributed by atoms with Crippen molar-refractivity contribution >= 4 is 11.3 Å². The lowest BCUT2D eigenvalue weighted by Gasteiger charge is -2.09. The van der Waals surface area contributed by atoms with E-state index in [1.165, 1.54) is 42.5 Å². The highest BCUT2D eigenvalue weighted by atomic mass is 32.1. The molecule has 0 saturated carbocycles. The molecule has 3 heteroatoms. The summed E-state index contributed by atoms with van der Waals surface area (Å²) in [6.07, 6.45) is 11.1. The highest BCUT2D eigenvalue weighted by Crippen LogP contribution is 2.32. The van der Waals surface area contributed by atoms with Gasteiger partial charge in [0.15, 0.2) is 0 Å². The molecule has 100 valence electrons. The second kappa shape index (κ2) is 5.85. The molecule has 0 amide bonds. The zero-order valence-corrected chi connectivity index (χ0v) is 12.0. The molecule has 1 aliphatic rings. The van der Waals surface area contributed by atoms with Gasteiger partial charge in [-0.3, -0.25) is 4.98 Å². The molecule has 19 heavy (non-hydrogen) atoms.